The molecule has 3 rings (SSSR count). The first kappa shape index (κ1) is 23.3. The van der Waals surface area contributed by atoms with Crippen molar-refractivity contribution < 1.29 is 4.43 Å². The Morgan fingerprint density at radius 3 is 2.14 bits per heavy atom. The zero-order valence-corrected chi connectivity index (χ0v) is 22.5. The van der Waals surface area contributed by atoms with Gasteiger partial charge in [0.1, 0.15) is 0 Å². The second kappa shape index (κ2) is 9.03. The third kappa shape index (κ3) is 4.36. The van der Waals surface area contributed by atoms with Gasteiger partial charge in [0.05, 0.1) is 0 Å². The lowest BCUT2D eigenvalue weighted by atomic mass is 10.2. The predicted molar refractivity (Wildman–Crippen MR) is 131 cm³/mol. The molecular weight excluding hydrogens is 390 g/mol. The molecule has 0 aromatic heterocycles. The van der Waals surface area contributed by atoms with E-state index in [-0.39, 0.29) is 0 Å². The van der Waals surface area contributed by atoms with E-state index in [1.165, 1.54) is 57.7 Å². The number of guanidine groups is 1. The molecule has 0 aromatic rings. The van der Waals surface area contributed by atoms with Gasteiger partial charge in [0, 0.05) is 32.3 Å². The average Bonchev–Trinajstić information content (AvgIpc) is 3.14. The van der Waals surface area contributed by atoms with Crippen LogP contribution >= 0.6 is 0 Å². The average molecular weight is 438 g/mol. The maximum absolute atomic E-state index is 7.20. The number of rotatable bonds is 7. The largest absolute Gasteiger partial charge is 0.413 e. The Kier molecular flexibility index (Phi) is 7.27. The van der Waals surface area contributed by atoms with Crippen LogP contribution in [0.4, 0.5) is 0 Å². The van der Waals surface area contributed by atoms with Gasteiger partial charge in [-0.05, 0) is 54.3 Å². The number of nitrogens with zero attached hydrogens (tertiary/aromatic N) is 3. The first-order valence-corrected chi connectivity index (χ1v) is 17.5. The maximum Gasteiger partial charge on any atom is 0.200 e. The summed E-state index contributed by atoms with van der Waals surface area (Å²) in [6.07, 6.45) is 6.92. The van der Waals surface area contributed by atoms with Gasteiger partial charge in [-0.3, -0.25) is 4.99 Å². The predicted octanol–water partition coefficient (Wildman–Crippen LogP) is 6.07. The lowest BCUT2D eigenvalue weighted by Gasteiger charge is -2.50. The lowest BCUT2D eigenvalue weighted by Crippen LogP contribution is -2.63. The molecule has 0 N–H and O–H groups in total. The molecule has 4 nitrogen and oxygen atoms in total. The quantitative estimate of drug-likeness (QED) is 0.452. The van der Waals surface area contributed by atoms with Crippen molar-refractivity contribution >= 4 is 22.5 Å². The number of fused-ring (bicyclic) bond motifs is 1. The standard InChI is InChI=1S/C23H47N3OSi2/c1-18(2)29(19(3)4,20(5)6)27-21-11-12-22(17-21)28(7,8)26-16-10-15-25-14-9-13-24-23(25)26/h18-22H,9-17H2,1-8H3. The van der Waals surface area contributed by atoms with E-state index in [4.69, 9.17) is 9.42 Å². The van der Waals surface area contributed by atoms with Crippen molar-refractivity contribution in [2.75, 3.05) is 26.2 Å². The number of hydrogen-bond donors (Lipinski definition) is 0. The van der Waals surface area contributed by atoms with Gasteiger partial charge in [-0.15, -0.1) is 0 Å². The third-order valence-electron chi connectivity index (χ3n) is 8.33. The molecule has 6 heteroatoms. The van der Waals surface area contributed by atoms with Crippen molar-refractivity contribution in [3.8, 4) is 0 Å². The Morgan fingerprint density at radius 2 is 1.52 bits per heavy atom. The summed E-state index contributed by atoms with van der Waals surface area (Å²) < 4.78 is 10.00. The first-order chi connectivity index (χ1) is 13.6. The molecule has 0 radical (unpaired) electrons. The molecule has 2 fully saturated rings. The second-order valence-electron chi connectivity index (χ2n) is 11.2. The van der Waals surface area contributed by atoms with E-state index in [0.29, 0.717) is 22.7 Å². The molecule has 0 amide bonds. The van der Waals surface area contributed by atoms with Crippen molar-refractivity contribution in [1.29, 1.82) is 0 Å². The van der Waals surface area contributed by atoms with Crippen LogP contribution in [0.2, 0.25) is 35.3 Å². The van der Waals surface area contributed by atoms with Crippen LogP contribution in [0.25, 0.3) is 0 Å². The smallest absolute Gasteiger partial charge is 0.200 e. The highest BCUT2D eigenvalue weighted by molar-refractivity contribution is 6.78. The van der Waals surface area contributed by atoms with Crippen LogP contribution in [-0.2, 0) is 4.43 Å². The van der Waals surface area contributed by atoms with Gasteiger partial charge in [0.15, 0.2) is 14.2 Å². The summed E-state index contributed by atoms with van der Waals surface area (Å²) in [4.78, 5) is 7.57. The van der Waals surface area contributed by atoms with Gasteiger partial charge < -0.3 is 13.9 Å². The summed E-state index contributed by atoms with van der Waals surface area (Å²) in [6.45, 7) is 24.4. The summed E-state index contributed by atoms with van der Waals surface area (Å²) in [5.41, 5.74) is 2.87. The van der Waals surface area contributed by atoms with E-state index in [0.717, 1.165) is 12.1 Å². The van der Waals surface area contributed by atoms with E-state index in [1.54, 1.807) is 0 Å². The van der Waals surface area contributed by atoms with Gasteiger partial charge >= 0.3 is 0 Å². The van der Waals surface area contributed by atoms with Crippen molar-refractivity contribution in [3.05, 3.63) is 0 Å². The van der Waals surface area contributed by atoms with E-state index in [1.807, 2.05) is 0 Å². The molecule has 2 heterocycles. The van der Waals surface area contributed by atoms with E-state index in [2.05, 4.69) is 64.1 Å². The highest BCUT2D eigenvalue weighted by Gasteiger charge is 2.50. The minimum absolute atomic E-state index is 0.486. The molecule has 2 aliphatic heterocycles. The van der Waals surface area contributed by atoms with Crippen LogP contribution < -0.4 is 0 Å². The summed E-state index contributed by atoms with van der Waals surface area (Å²) in [6, 6.07) is 0. The first-order valence-electron chi connectivity index (χ1n) is 12.4. The second-order valence-corrected chi connectivity index (χ2v) is 21.3. The van der Waals surface area contributed by atoms with Crippen molar-refractivity contribution in [2.45, 2.75) is 115 Å². The molecule has 1 saturated carbocycles. The highest BCUT2D eigenvalue weighted by atomic mass is 28.4. The van der Waals surface area contributed by atoms with Crippen molar-refractivity contribution in [3.63, 3.8) is 0 Å². The van der Waals surface area contributed by atoms with Crippen LogP contribution in [0.3, 0.4) is 0 Å². The van der Waals surface area contributed by atoms with Crippen molar-refractivity contribution in [1.82, 2.24) is 9.47 Å². The molecule has 0 aromatic carbocycles. The van der Waals surface area contributed by atoms with Crippen LogP contribution in [0.15, 0.2) is 4.99 Å². The molecule has 3 aliphatic rings. The zero-order valence-electron chi connectivity index (χ0n) is 20.5. The Balaban J connectivity index is 1.73. The monoisotopic (exact) mass is 437 g/mol. The minimum Gasteiger partial charge on any atom is -0.413 e. The van der Waals surface area contributed by atoms with Crippen LogP contribution in [0.5, 0.6) is 0 Å². The summed E-state index contributed by atoms with van der Waals surface area (Å²) in [5.74, 6) is 1.35. The fourth-order valence-electron chi connectivity index (χ4n) is 6.78. The normalized spacial score (nSPS) is 26.5. The van der Waals surface area contributed by atoms with E-state index in [9.17, 15) is 0 Å². The molecular formula is C23H47N3OSi2. The Morgan fingerprint density at radius 1 is 0.897 bits per heavy atom. The SMILES string of the molecule is CC(C)[Si](OC1CCC([Si](C)(C)N2CCCN3CCCN=C32)C1)(C(C)C)C(C)C. The maximum atomic E-state index is 7.20. The summed E-state index contributed by atoms with van der Waals surface area (Å²) >= 11 is 0. The Labute approximate surface area is 182 Å². The molecule has 2 atom stereocenters. The van der Waals surface area contributed by atoms with Gasteiger partial charge in [-0.2, -0.15) is 0 Å². The fraction of sp³-hybridized carbons (Fsp3) is 0.957. The van der Waals surface area contributed by atoms with Crippen LogP contribution in [0, 0.1) is 0 Å². The Bertz CT molecular complexity index is 569. The molecule has 1 aliphatic carbocycles. The van der Waals surface area contributed by atoms with Gasteiger partial charge in [0.25, 0.3) is 0 Å². The minimum atomic E-state index is -1.78. The number of hydrogen-bond acceptors (Lipinski definition) is 4. The van der Waals surface area contributed by atoms with Gasteiger partial charge in [0.2, 0.25) is 8.32 Å². The molecule has 168 valence electrons. The zero-order chi connectivity index (χ0) is 21.4. The fourth-order valence-corrected chi connectivity index (χ4v) is 16.0. The lowest BCUT2D eigenvalue weighted by molar-refractivity contribution is 0.180. The number of aliphatic imine (C=N–C) groups is 1. The third-order valence-corrected chi connectivity index (χ3v) is 18.8. The molecule has 2 unspecified atom stereocenters. The highest BCUT2D eigenvalue weighted by Crippen LogP contribution is 2.48. The summed E-state index contributed by atoms with van der Waals surface area (Å²) in [7, 11) is -3.36. The molecule has 29 heavy (non-hydrogen) atoms. The van der Waals surface area contributed by atoms with Crippen molar-refractivity contribution in [2.24, 2.45) is 4.99 Å². The molecule has 0 bridgehead atoms. The topological polar surface area (TPSA) is 28.1 Å². The van der Waals surface area contributed by atoms with Gasteiger partial charge in [-0.1, -0.05) is 54.6 Å². The van der Waals surface area contributed by atoms with E-state index >= 15 is 0 Å². The molecule has 0 spiro atoms. The van der Waals surface area contributed by atoms with Crippen LogP contribution in [-0.4, -0.2) is 64.3 Å². The van der Waals surface area contributed by atoms with Gasteiger partial charge in [-0.25, -0.2) is 0 Å². The van der Waals surface area contributed by atoms with Crippen LogP contribution in [0.1, 0.15) is 73.6 Å². The summed E-state index contributed by atoms with van der Waals surface area (Å²) in [5, 5.41) is 0. The van der Waals surface area contributed by atoms with E-state index < -0.39 is 16.6 Å². The molecule has 1 saturated heterocycles. The Hall–Kier alpha value is -0.336.